The normalized spacial score (nSPS) is 18.3. The number of aromatic hydroxyl groups is 1. The summed E-state index contributed by atoms with van der Waals surface area (Å²) in [7, 11) is 0. The van der Waals surface area contributed by atoms with Crippen LogP contribution in [-0.4, -0.2) is 45.9 Å². The van der Waals surface area contributed by atoms with E-state index in [1.165, 1.54) is 12.5 Å². The number of phenolic OH excluding ortho intramolecular Hbond substituents is 1. The highest BCUT2D eigenvalue weighted by atomic mass is 19.1. The maximum atomic E-state index is 13.4. The van der Waals surface area contributed by atoms with E-state index in [9.17, 15) is 9.50 Å². The van der Waals surface area contributed by atoms with Gasteiger partial charge < -0.3 is 15.3 Å². The number of benzene rings is 1. The summed E-state index contributed by atoms with van der Waals surface area (Å²) >= 11 is 0. The quantitative estimate of drug-likeness (QED) is 0.889. The van der Waals surface area contributed by atoms with Gasteiger partial charge in [0.15, 0.2) is 0 Å². The predicted octanol–water partition coefficient (Wildman–Crippen LogP) is 3.50. The summed E-state index contributed by atoms with van der Waals surface area (Å²) in [6, 6.07) is 4.81. The van der Waals surface area contributed by atoms with Gasteiger partial charge in [-0.05, 0) is 63.0 Å². The fourth-order valence-electron chi connectivity index (χ4n) is 3.51. The van der Waals surface area contributed by atoms with Gasteiger partial charge in [-0.25, -0.2) is 4.39 Å². The van der Waals surface area contributed by atoms with Gasteiger partial charge in [-0.1, -0.05) is 6.92 Å². The Morgan fingerprint density at radius 2 is 2.04 bits per heavy atom. The van der Waals surface area contributed by atoms with Crippen LogP contribution in [0, 0.1) is 19.7 Å². The molecule has 0 amide bonds. The number of nitrogens with zero attached hydrogens (tertiary/aromatic N) is 3. The number of phenols is 1. The summed E-state index contributed by atoms with van der Waals surface area (Å²) in [5.41, 5.74) is 2.65. The van der Waals surface area contributed by atoms with E-state index in [-0.39, 0.29) is 5.75 Å². The number of likely N-dealkylation sites (N-methyl/N-ethyl adjacent to an activating group) is 1. The second kappa shape index (κ2) is 7.35. The molecular formula is C19H25FN4O. The summed E-state index contributed by atoms with van der Waals surface area (Å²) < 4.78 is 13.4. The van der Waals surface area contributed by atoms with Crippen LogP contribution in [0.15, 0.2) is 18.2 Å². The van der Waals surface area contributed by atoms with E-state index in [0.29, 0.717) is 22.9 Å². The van der Waals surface area contributed by atoms with Gasteiger partial charge in [0.25, 0.3) is 0 Å². The molecule has 2 heterocycles. The lowest BCUT2D eigenvalue weighted by atomic mass is 10.0. The lowest BCUT2D eigenvalue weighted by molar-refractivity contribution is 0.226. The third-order valence-electron chi connectivity index (χ3n) is 4.81. The van der Waals surface area contributed by atoms with Gasteiger partial charge in [0.2, 0.25) is 0 Å². The van der Waals surface area contributed by atoms with E-state index in [0.717, 1.165) is 43.5 Å². The standard InChI is InChI=1S/C19H25FN4O/c1-4-24-7-5-6-15(11-24)21-17-9-13(3)19(23-22-17)18-12(2)8-14(20)10-16(18)25/h8-10,15,25H,4-7,11H2,1-3H3,(H,21,22)/t15-/m1/s1. The minimum absolute atomic E-state index is 0.110. The molecule has 0 radical (unpaired) electrons. The molecule has 3 rings (SSSR count). The first-order valence-corrected chi connectivity index (χ1v) is 8.80. The first-order chi connectivity index (χ1) is 12.0. The summed E-state index contributed by atoms with van der Waals surface area (Å²) in [5.74, 6) is 0.172. The first-order valence-electron chi connectivity index (χ1n) is 8.80. The van der Waals surface area contributed by atoms with Gasteiger partial charge in [-0.3, -0.25) is 0 Å². The molecule has 5 nitrogen and oxygen atoms in total. The molecule has 2 aromatic rings. The zero-order valence-corrected chi connectivity index (χ0v) is 15.0. The van der Waals surface area contributed by atoms with Gasteiger partial charge in [-0.15, -0.1) is 10.2 Å². The van der Waals surface area contributed by atoms with Gasteiger partial charge in [0.1, 0.15) is 17.4 Å². The Bertz CT molecular complexity index is 742. The van der Waals surface area contributed by atoms with Crippen LogP contribution in [0.1, 0.15) is 30.9 Å². The number of piperidine rings is 1. The molecule has 0 unspecified atom stereocenters. The minimum Gasteiger partial charge on any atom is -0.507 e. The number of nitrogens with one attached hydrogen (secondary N) is 1. The maximum absolute atomic E-state index is 13.4. The van der Waals surface area contributed by atoms with Crippen LogP contribution in [0.2, 0.25) is 0 Å². The van der Waals surface area contributed by atoms with E-state index in [1.807, 2.05) is 13.0 Å². The van der Waals surface area contributed by atoms with Gasteiger partial charge in [-0.2, -0.15) is 0 Å². The van der Waals surface area contributed by atoms with Crippen LogP contribution in [0.4, 0.5) is 10.2 Å². The third kappa shape index (κ3) is 3.90. The Morgan fingerprint density at radius 1 is 1.24 bits per heavy atom. The zero-order chi connectivity index (χ0) is 18.0. The fraction of sp³-hybridized carbons (Fsp3) is 0.474. The molecule has 1 aliphatic heterocycles. The van der Waals surface area contributed by atoms with Crippen LogP contribution >= 0.6 is 0 Å². The molecule has 1 atom stereocenters. The number of hydrogen-bond donors (Lipinski definition) is 2. The number of aryl methyl sites for hydroxylation is 2. The number of likely N-dealkylation sites (tertiary alicyclic amines) is 1. The molecule has 1 aliphatic rings. The van der Waals surface area contributed by atoms with Crippen molar-refractivity contribution in [3.8, 4) is 17.0 Å². The summed E-state index contributed by atoms with van der Waals surface area (Å²) in [5, 5.41) is 22.1. The highest BCUT2D eigenvalue weighted by molar-refractivity contribution is 5.73. The lowest BCUT2D eigenvalue weighted by Gasteiger charge is -2.32. The molecule has 0 bridgehead atoms. The smallest absolute Gasteiger partial charge is 0.149 e. The summed E-state index contributed by atoms with van der Waals surface area (Å²) in [4.78, 5) is 2.43. The fourth-order valence-corrected chi connectivity index (χ4v) is 3.51. The lowest BCUT2D eigenvalue weighted by Crippen LogP contribution is -2.42. The summed E-state index contributed by atoms with van der Waals surface area (Å²) in [6.45, 7) is 9.09. The zero-order valence-electron chi connectivity index (χ0n) is 15.0. The maximum Gasteiger partial charge on any atom is 0.149 e. The molecule has 0 saturated carbocycles. The molecule has 1 aromatic heterocycles. The van der Waals surface area contributed by atoms with E-state index in [4.69, 9.17) is 0 Å². The molecule has 134 valence electrons. The monoisotopic (exact) mass is 344 g/mol. The van der Waals surface area contributed by atoms with Crippen LogP contribution in [0.25, 0.3) is 11.3 Å². The molecule has 1 fully saturated rings. The number of aromatic nitrogens is 2. The molecule has 1 saturated heterocycles. The van der Waals surface area contributed by atoms with E-state index in [2.05, 4.69) is 27.3 Å². The number of rotatable bonds is 4. The average Bonchev–Trinajstić information content (AvgIpc) is 2.56. The van der Waals surface area contributed by atoms with Crippen LogP contribution < -0.4 is 5.32 Å². The molecule has 0 aliphatic carbocycles. The second-order valence-corrected chi connectivity index (χ2v) is 6.75. The molecule has 25 heavy (non-hydrogen) atoms. The van der Waals surface area contributed by atoms with E-state index < -0.39 is 5.82 Å². The largest absolute Gasteiger partial charge is 0.507 e. The van der Waals surface area contributed by atoms with Crippen molar-refractivity contribution in [1.29, 1.82) is 0 Å². The van der Waals surface area contributed by atoms with Gasteiger partial charge in [0.05, 0.1) is 5.69 Å². The van der Waals surface area contributed by atoms with Crippen molar-refractivity contribution >= 4 is 5.82 Å². The van der Waals surface area contributed by atoms with Gasteiger partial charge in [0, 0.05) is 24.2 Å². The van der Waals surface area contributed by atoms with E-state index in [1.54, 1.807) is 6.92 Å². The Hall–Kier alpha value is -2.21. The Kier molecular flexibility index (Phi) is 5.18. The molecule has 1 aromatic carbocycles. The van der Waals surface area contributed by atoms with Crippen molar-refractivity contribution < 1.29 is 9.50 Å². The molecule has 2 N–H and O–H groups in total. The summed E-state index contributed by atoms with van der Waals surface area (Å²) in [6.07, 6.45) is 2.30. The van der Waals surface area contributed by atoms with Crippen molar-refractivity contribution in [1.82, 2.24) is 15.1 Å². The molecule has 6 heteroatoms. The van der Waals surface area contributed by atoms with Crippen LogP contribution in [-0.2, 0) is 0 Å². The van der Waals surface area contributed by atoms with Crippen molar-refractivity contribution in [3.63, 3.8) is 0 Å². The van der Waals surface area contributed by atoms with Crippen molar-refractivity contribution in [2.24, 2.45) is 0 Å². The number of halogens is 1. The Balaban J connectivity index is 1.82. The van der Waals surface area contributed by atoms with Crippen molar-refractivity contribution in [2.75, 3.05) is 25.0 Å². The first kappa shape index (κ1) is 17.6. The minimum atomic E-state index is -0.458. The topological polar surface area (TPSA) is 61.3 Å². The van der Waals surface area contributed by atoms with Crippen molar-refractivity contribution in [3.05, 3.63) is 35.1 Å². The number of anilines is 1. The highest BCUT2D eigenvalue weighted by Crippen LogP contribution is 2.34. The molecule has 0 spiro atoms. The van der Waals surface area contributed by atoms with Gasteiger partial charge >= 0.3 is 0 Å². The van der Waals surface area contributed by atoms with Crippen LogP contribution in [0.5, 0.6) is 5.75 Å². The highest BCUT2D eigenvalue weighted by Gasteiger charge is 2.20. The van der Waals surface area contributed by atoms with E-state index >= 15 is 0 Å². The van der Waals surface area contributed by atoms with Crippen LogP contribution in [0.3, 0.4) is 0 Å². The number of hydrogen-bond acceptors (Lipinski definition) is 5. The molecular weight excluding hydrogens is 319 g/mol. The Morgan fingerprint density at radius 3 is 2.72 bits per heavy atom. The third-order valence-corrected chi connectivity index (χ3v) is 4.81. The predicted molar refractivity (Wildman–Crippen MR) is 97.3 cm³/mol. The second-order valence-electron chi connectivity index (χ2n) is 6.75. The SMILES string of the molecule is CCN1CCC[C@@H](Nc2cc(C)c(-c3c(C)cc(F)cc3O)nn2)C1. The average molecular weight is 344 g/mol. The van der Waals surface area contributed by atoms with Crippen molar-refractivity contribution in [2.45, 2.75) is 39.7 Å². The Labute approximate surface area is 147 Å².